The van der Waals surface area contributed by atoms with Gasteiger partial charge in [0.2, 0.25) is 0 Å². The molecule has 1 aliphatic carbocycles. The first-order chi connectivity index (χ1) is 8.09. The van der Waals surface area contributed by atoms with Gasteiger partial charge >= 0.3 is 5.97 Å². The number of carboxylic acid groups (broad SMARTS) is 1. The van der Waals surface area contributed by atoms with E-state index in [1.807, 2.05) is 0 Å². The molecule has 4 heteroatoms. The third-order valence-electron chi connectivity index (χ3n) is 3.04. The van der Waals surface area contributed by atoms with E-state index >= 15 is 0 Å². The molecule has 1 saturated carbocycles. The molecule has 0 aromatic carbocycles. The van der Waals surface area contributed by atoms with Crippen molar-refractivity contribution in [3.05, 3.63) is 0 Å². The number of aliphatic carboxylic acids is 1. The van der Waals surface area contributed by atoms with E-state index in [0.29, 0.717) is 18.5 Å². The van der Waals surface area contributed by atoms with E-state index in [1.165, 1.54) is 12.8 Å². The van der Waals surface area contributed by atoms with Crippen molar-refractivity contribution in [1.29, 1.82) is 0 Å². The van der Waals surface area contributed by atoms with Crippen LogP contribution in [0, 0.1) is 5.92 Å². The zero-order chi connectivity index (χ0) is 12.7. The monoisotopic (exact) mass is 243 g/mol. The summed E-state index contributed by atoms with van der Waals surface area (Å²) in [6.07, 6.45) is 3.76. The molecule has 1 rings (SSSR count). The summed E-state index contributed by atoms with van der Waals surface area (Å²) >= 11 is 0. The Hall–Kier alpha value is -0.610. The summed E-state index contributed by atoms with van der Waals surface area (Å²) in [7, 11) is 0. The molecule has 1 aliphatic rings. The Kier molecular flexibility index (Phi) is 6.52. The average molecular weight is 243 g/mol. The molecule has 0 radical (unpaired) electrons. The van der Waals surface area contributed by atoms with Crippen molar-refractivity contribution in [3.8, 4) is 0 Å². The molecule has 0 amide bonds. The highest BCUT2D eigenvalue weighted by atomic mass is 16.5. The van der Waals surface area contributed by atoms with Crippen molar-refractivity contribution in [1.82, 2.24) is 4.90 Å². The molecule has 4 nitrogen and oxygen atoms in total. The molecule has 100 valence electrons. The quantitative estimate of drug-likeness (QED) is 0.596. The molecule has 17 heavy (non-hydrogen) atoms. The minimum atomic E-state index is -0.712. The second-order valence-electron chi connectivity index (χ2n) is 5.21. The molecule has 0 heterocycles. The number of rotatable bonds is 10. The van der Waals surface area contributed by atoms with Crippen LogP contribution in [0.2, 0.25) is 0 Å². The highest BCUT2D eigenvalue weighted by molar-refractivity contribution is 5.66. The number of carbonyl (C=O) groups is 1. The predicted molar refractivity (Wildman–Crippen MR) is 67.1 cm³/mol. The summed E-state index contributed by atoms with van der Waals surface area (Å²) in [5.41, 5.74) is 0. The number of carboxylic acids is 1. The maximum atomic E-state index is 10.5. The summed E-state index contributed by atoms with van der Waals surface area (Å²) in [4.78, 5) is 12.8. The van der Waals surface area contributed by atoms with Crippen molar-refractivity contribution in [2.24, 2.45) is 5.92 Å². The van der Waals surface area contributed by atoms with E-state index in [1.54, 1.807) is 0 Å². The molecule has 0 spiro atoms. The topological polar surface area (TPSA) is 49.8 Å². The van der Waals surface area contributed by atoms with Crippen LogP contribution >= 0.6 is 0 Å². The van der Waals surface area contributed by atoms with Gasteiger partial charge < -0.3 is 9.84 Å². The Balaban J connectivity index is 2.06. The lowest BCUT2D eigenvalue weighted by Gasteiger charge is -2.20. The molecule has 0 aromatic heterocycles. The molecular formula is C13H25NO3. The van der Waals surface area contributed by atoms with Gasteiger partial charge in [-0.3, -0.25) is 9.69 Å². The number of hydrogen-bond donors (Lipinski definition) is 1. The maximum Gasteiger partial charge on any atom is 0.304 e. The van der Waals surface area contributed by atoms with Gasteiger partial charge in [0, 0.05) is 25.7 Å². The first-order valence-corrected chi connectivity index (χ1v) is 6.63. The van der Waals surface area contributed by atoms with Crippen LogP contribution in [0.15, 0.2) is 0 Å². The smallest absolute Gasteiger partial charge is 0.304 e. The fraction of sp³-hybridized carbons (Fsp3) is 0.923. The molecule has 0 aliphatic heterocycles. The zero-order valence-electron chi connectivity index (χ0n) is 11.0. The van der Waals surface area contributed by atoms with Crippen molar-refractivity contribution in [3.63, 3.8) is 0 Å². The third kappa shape index (κ3) is 7.34. The van der Waals surface area contributed by atoms with E-state index < -0.39 is 5.97 Å². The van der Waals surface area contributed by atoms with E-state index in [0.717, 1.165) is 26.2 Å². The SMILES string of the molecule is CC(C)CCOCCN(CCC(=O)O)C1CC1. The molecule has 1 fully saturated rings. The fourth-order valence-corrected chi connectivity index (χ4v) is 1.76. The lowest BCUT2D eigenvalue weighted by atomic mass is 10.1. The van der Waals surface area contributed by atoms with E-state index in [4.69, 9.17) is 9.84 Å². The molecule has 0 atom stereocenters. The minimum absolute atomic E-state index is 0.239. The Bertz CT molecular complexity index is 227. The van der Waals surface area contributed by atoms with E-state index in [9.17, 15) is 4.79 Å². The van der Waals surface area contributed by atoms with Gasteiger partial charge in [-0.15, -0.1) is 0 Å². The first kappa shape index (κ1) is 14.5. The van der Waals surface area contributed by atoms with Gasteiger partial charge in [-0.25, -0.2) is 0 Å². The summed E-state index contributed by atoms with van der Waals surface area (Å²) in [6, 6.07) is 0.614. The minimum Gasteiger partial charge on any atom is -0.481 e. The number of ether oxygens (including phenoxy) is 1. The third-order valence-corrected chi connectivity index (χ3v) is 3.04. The van der Waals surface area contributed by atoms with Gasteiger partial charge in [-0.1, -0.05) is 13.8 Å². The molecule has 0 saturated heterocycles. The molecule has 0 bridgehead atoms. The van der Waals surface area contributed by atoms with E-state index in [2.05, 4.69) is 18.7 Å². The second kappa shape index (κ2) is 7.67. The molecule has 1 N–H and O–H groups in total. The highest BCUT2D eigenvalue weighted by Gasteiger charge is 2.28. The lowest BCUT2D eigenvalue weighted by Crippen LogP contribution is -2.32. The second-order valence-corrected chi connectivity index (χ2v) is 5.21. The van der Waals surface area contributed by atoms with Crippen molar-refractivity contribution >= 4 is 5.97 Å². The summed E-state index contributed by atoms with van der Waals surface area (Å²) in [5, 5.41) is 8.68. The standard InChI is InChI=1S/C13H25NO3/c1-11(2)6-9-17-10-8-14(12-3-4-12)7-5-13(15)16/h11-12H,3-10H2,1-2H3,(H,15,16). The average Bonchev–Trinajstić information content (AvgIpc) is 3.05. The fourth-order valence-electron chi connectivity index (χ4n) is 1.76. The van der Waals surface area contributed by atoms with Crippen LogP contribution in [0.4, 0.5) is 0 Å². The van der Waals surface area contributed by atoms with Crippen molar-refractivity contribution in [2.75, 3.05) is 26.3 Å². The molecular weight excluding hydrogens is 218 g/mol. The Labute approximate surface area is 104 Å². The zero-order valence-corrected chi connectivity index (χ0v) is 11.0. The van der Waals surface area contributed by atoms with Gasteiger partial charge in [0.05, 0.1) is 13.0 Å². The Morgan fingerprint density at radius 2 is 2.06 bits per heavy atom. The first-order valence-electron chi connectivity index (χ1n) is 6.63. The number of nitrogens with zero attached hydrogens (tertiary/aromatic N) is 1. The van der Waals surface area contributed by atoms with Crippen LogP contribution in [-0.4, -0.2) is 48.3 Å². The maximum absolute atomic E-state index is 10.5. The Morgan fingerprint density at radius 3 is 2.59 bits per heavy atom. The van der Waals surface area contributed by atoms with Crippen LogP contribution in [0.1, 0.15) is 39.5 Å². The highest BCUT2D eigenvalue weighted by Crippen LogP contribution is 2.26. The summed E-state index contributed by atoms with van der Waals surface area (Å²) in [6.45, 7) is 7.45. The van der Waals surface area contributed by atoms with Crippen molar-refractivity contribution in [2.45, 2.75) is 45.6 Å². The Morgan fingerprint density at radius 1 is 1.35 bits per heavy atom. The molecule has 0 aromatic rings. The van der Waals surface area contributed by atoms with Crippen LogP contribution in [-0.2, 0) is 9.53 Å². The number of hydrogen-bond acceptors (Lipinski definition) is 3. The van der Waals surface area contributed by atoms with Gasteiger partial charge in [-0.05, 0) is 25.2 Å². The predicted octanol–water partition coefficient (Wildman–Crippen LogP) is 1.99. The largest absolute Gasteiger partial charge is 0.481 e. The van der Waals surface area contributed by atoms with Crippen LogP contribution in [0.25, 0.3) is 0 Å². The van der Waals surface area contributed by atoms with Gasteiger partial charge in [-0.2, -0.15) is 0 Å². The van der Waals surface area contributed by atoms with Crippen LogP contribution < -0.4 is 0 Å². The van der Waals surface area contributed by atoms with Crippen molar-refractivity contribution < 1.29 is 14.6 Å². The molecule has 0 unspecified atom stereocenters. The van der Waals surface area contributed by atoms with Gasteiger partial charge in [0.1, 0.15) is 0 Å². The lowest BCUT2D eigenvalue weighted by molar-refractivity contribution is -0.137. The van der Waals surface area contributed by atoms with Gasteiger partial charge in [0.15, 0.2) is 0 Å². The normalized spacial score (nSPS) is 15.8. The van der Waals surface area contributed by atoms with Crippen LogP contribution in [0.5, 0.6) is 0 Å². The van der Waals surface area contributed by atoms with E-state index in [-0.39, 0.29) is 6.42 Å². The summed E-state index contributed by atoms with van der Waals surface area (Å²) < 4.78 is 5.57. The summed E-state index contributed by atoms with van der Waals surface area (Å²) in [5.74, 6) is -0.0297. The van der Waals surface area contributed by atoms with Gasteiger partial charge in [0.25, 0.3) is 0 Å². The van der Waals surface area contributed by atoms with Crippen LogP contribution in [0.3, 0.4) is 0 Å².